The molecule has 4 nitrogen and oxygen atoms in total. The fourth-order valence-electron chi connectivity index (χ4n) is 2.35. The quantitative estimate of drug-likeness (QED) is 0.885. The number of hydrogen-bond donors (Lipinski definition) is 1. The first-order valence-electron chi connectivity index (χ1n) is 7.01. The van der Waals surface area contributed by atoms with Crippen LogP contribution in [0.1, 0.15) is 32.4 Å². The van der Waals surface area contributed by atoms with Crippen molar-refractivity contribution < 1.29 is 9.47 Å². The summed E-state index contributed by atoms with van der Waals surface area (Å²) in [5.41, 5.74) is 7.40. The molecule has 0 fully saturated rings. The van der Waals surface area contributed by atoms with Gasteiger partial charge in [-0.25, -0.2) is 0 Å². The van der Waals surface area contributed by atoms with Crippen molar-refractivity contribution in [3.05, 3.63) is 23.8 Å². The van der Waals surface area contributed by atoms with Gasteiger partial charge in [-0.2, -0.15) is 0 Å². The summed E-state index contributed by atoms with van der Waals surface area (Å²) in [5.74, 6) is 1.63. The first kappa shape index (κ1) is 14.2. The number of nitrogens with zero attached hydrogens (tertiary/aromatic N) is 1. The van der Waals surface area contributed by atoms with Crippen LogP contribution in [0, 0.1) is 0 Å². The Hall–Kier alpha value is -1.26. The van der Waals surface area contributed by atoms with E-state index in [4.69, 9.17) is 15.2 Å². The molecule has 0 amide bonds. The van der Waals surface area contributed by atoms with Crippen LogP contribution in [0.25, 0.3) is 0 Å². The minimum atomic E-state index is -0.00169. The zero-order valence-electron chi connectivity index (χ0n) is 12.1. The van der Waals surface area contributed by atoms with Crippen LogP contribution in [0.2, 0.25) is 0 Å². The van der Waals surface area contributed by atoms with E-state index in [-0.39, 0.29) is 6.04 Å². The molecule has 106 valence electrons. The molecule has 1 aromatic carbocycles. The molecular weight excluding hydrogens is 240 g/mol. The molecule has 1 aliphatic rings. The number of nitrogens with two attached hydrogens (primary N) is 1. The van der Waals surface area contributed by atoms with Crippen molar-refractivity contribution in [1.82, 2.24) is 4.90 Å². The third-order valence-corrected chi connectivity index (χ3v) is 3.56. The molecule has 0 aromatic heterocycles. The zero-order valence-corrected chi connectivity index (χ0v) is 12.1. The van der Waals surface area contributed by atoms with E-state index in [2.05, 4.69) is 25.7 Å². The molecule has 1 aromatic rings. The number of fused-ring (bicyclic) bond motifs is 1. The maximum absolute atomic E-state index is 6.30. The lowest BCUT2D eigenvalue weighted by molar-refractivity contribution is 0.171. The molecule has 0 bridgehead atoms. The van der Waals surface area contributed by atoms with Gasteiger partial charge in [-0.05, 0) is 38.1 Å². The van der Waals surface area contributed by atoms with Crippen LogP contribution >= 0.6 is 0 Å². The lowest BCUT2D eigenvalue weighted by Gasteiger charge is -2.28. The standard InChI is InChI=1S/C15H24N2O2/c1-4-17(11(2)3)10-13(16)12-5-6-14-15(9-12)19-8-7-18-14/h5-6,9,11,13H,4,7-8,10,16H2,1-3H3. The second-order valence-electron chi connectivity index (χ2n) is 5.19. The van der Waals surface area contributed by atoms with Crippen molar-refractivity contribution in [1.29, 1.82) is 0 Å². The second kappa shape index (κ2) is 6.26. The van der Waals surface area contributed by atoms with Crippen molar-refractivity contribution in [3.8, 4) is 11.5 Å². The van der Waals surface area contributed by atoms with Gasteiger partial charge in [-0.15, -0.1) is 0 Å². The van der Waals surface area contributed by atoms with E-state index in [9.17, 15) is 0 Å². The largest absolute Gasteiger partial charge is 0.486 e. The molecule has 0 saturated heterocycles. The Kier molecular flexibility index (Phi) is 4.66. The Morgan fingerprint density at radius 3 is 2.53 bits per heavy atom. The molecule has 1 heterocycles. The highest BCUT2D eigenvalue weighted by Gasteiger charge is 2.17. The Morgan fingerprint density at radius 1 is 1.21 bits per heavy atom. The molecular formula is C15H24N2O2. The third-order valence-electron chi connectivity index (χ3n) is 3.56. The minimum absolute atomic E-state index is 0.00169. The van der Waals surface area contributed by atoms with Crippen LogP contribution in [0.5, 0.6) is 11.5 Å². The molecule has 2 rings (SSSR count). The van der Waals surface area contributed by atoms with Crippen molar-refractivity contribution >= 4 is 0 Å². The molecule has 0 aliphatic carbocycles. The highest BCUT2D eigenvalue weighted by atomic mass is 16.6. The highest BCUT2D eigenvalue weighted by Crippen LogP contribution is 2.32. The Labute approximate surface area is 115 Å². The molecule has 1 aliphatic heterocycles. The number of likely N-dealkylation sites (N-methyl/N-ethyl adjacent to an activating group) is 1. The SMILES string of the molecule is CCN(CC(N)c1ccc2c(c1)OCCO2)C(C)C. The topological polar surface area (TPSA) is 47.7 Å². The van der Waals surface area contributed by atoms with Crippen LogP contribution in [0.4, 0.5) is 0 Å². The normalized spacial score (nSPS) is 15.9. The van der Waals surface area contributed by atoms with Gasteiger partial charge in [-0.3, -0.25) is 4.90 Å². The van der Waals surface area contributed by atoms with E-state index < -0.39 is 0 Å². The predicted octanol–water partition coefficient (Wildman–Crippen LogP) is 2.19. The summed E-state index contributed by atoms with van der Waals surface area (Å²) in [6, 6.07) is 6.50. The monoisotopic (exact) mass is 264 g/mol. The molecule has 1 atom stereocenters. The summed E-state index contributed by atoms with van der Waals surface area (Å²) in [4.78, 5) is 2.36. The van der Waals surface area contributed by atoms with Gasteiger partial charge >= 0.3 is 0 Å². The Morgan fingerprint density at radius 2 is 1.89 bits per heavy atom. The van der Waals surface area contributed by atoms with Crippen LogP contribution in [0.3, 0.4) is 0 Å². The molecule has 0 radical (unpaired) electrons. The summed E-state index contributed by atoms with van der Waals surface area (Å²) in [7, 11) is 0. The van der Waals surface area contributed by atoms with E-state index >= 15 is 0 Å². The summed E-state index contributed by atoms with van der Waals surface area (Å²) >= 11 is 0. The van der Waals surface area contributed by atoms with E-state index in [1.54, 1.807) is 0 Å². The lowest BCUT2D eigenvalue weighted by atomic mass is 10.1. The van der Waals surface area contributed by atoms with Gasteiger partial charge in [0, 0.05) is 18.6 Å². The van der Waals surface area contributed by atoms with Crippen molar-refractivity contribution in [2.24, 2.45) is 5.73 Å². The summed E-state index contributed by atoms with van der Waals surface area (Å²) < 4.78 is 11.1. The summed E-state index contributed by atoms with van der Waals surface area (Å²) in [6.45, 7) is 9.65. The van der Waals surface area contributed by atoms with Gasteiger partial charge < -0.3 is 15.2 Å². The van der Waals surface area contributed by atoms with E-state index in [1.807, 2.05) is 18.2 Å². The van der Waals surface area contributed by atoms with Gasteiger partial charge in [0.2, 0.25) is 0 Å². The van der Waals surface area contributed by atoms with Crippen molar-refractivity contribution in [3.63, 3.8) is 0 Å². The van der Waals surface area contributed by atoms with Crippen LogP contribution in [-0.4, -0.2) is 37.2 Å². The summed E-state index contributed by atoms with van der Waals surface area (Å²) in [6.07, 6.45) is 0. The fraction of sp³-hybridized carbons (Fsp3) is 0.600. The molecule has 19 heavy (non-hydrogen) atoms. The smallest absolute Gasteiger partial charge is 0.161 e. The average Bonchev–Trinajstić information content (AvgIpc) is 2.43. The maximum atomic E-state index is 6.30. The van der Waals surface area contributed by atoms with Crippen LogP contribution in [-0.2, 0) is 0 Å². The average molecular weight is 264 g/mol. The number of benzene rings is 1. The Bertz CT molecular complexity index is 421. The van der Waals surface area contributed by atoms with Crippen molar-refractivity contribution in [2.45, 2.75) is 32.9 Å². The predicted molar refractivity (Wildman–Crippen MR) is 76.7 cm³/mol. The first-order valence-corrected chi connectivity index (χ1v) is 7.01. The molecule has 0 saturated carbocycles. The van der Waals surface area contributed by atoms with Crippen LogP contribution in [0.15, 0.2) is 18.2 Å². The number of ether oxygens (including phenoxy) is 2. The highest BCUT2D eigenvalue weighted by molar-refractivity contribution is 5.44. The van der Waals surface area contributed by atoms with Gasteiger partial charge in [-0.1, -0.05) is 13.0 Å². The van der Waals surface area contributed by atoms with Gasteiger partial charge in [0.15, 0.2) is 11.5 Å². The molecule has 2 N–H and O–H groups in total. The molecule has 1 unspecified atom stereocenters. The fourth-order valence-corrected chi connectivity index (χ4v) is 2.35. The number of hydrogen-bond acceptors (Lipinski definition) is 4. The first-order chi connectivity index (χ1) is 9.11. The lowest BCUT2D eigenvalue weighted by Crippen LogP contribution is -2.37. The van der Waals surface area contributed by atoms with E-state index in [0.29, 0.717) is 19.3 Å². The second-order valence-corrected chi connectivity index (χ2v) is 5.19. The molecule has 0 spiro atoms. The van der Waals surface area contributed by atoms with E-state index in [0.717, 1.165) is 30.2 Å². The number of rotatable bonds is 5. The van der Waals surface area contributed by atoms with Gasteiger partial charge in [0.05, 0.1) is 0 Å². The van der Waals surface area contributed by atoms with Crippen LogP contribution < -0.4 is 15.2 Å². The zero-order chi connectivity index (χ0) is 13.8. The summed E-state index contributed by atoms with van der Waals surface area (Å²) in [5, 5.41) is 0. The van der Waals surface area contributed by atoms with Gasteiger partial charge in [0.25, 0.3) is 0 Å². The van der Waals surface area contributed by atoms with Gasteiger partial charge in [0.1, 0.15) is 13.2 Å². The Balaban J connectivity index is 2.08. The van der Waals surface area contributed by atoms with Crippen molar-refractivity contribution in [2.75, 3.05) is 26.3 Å². The third kappa shape index (κ3) is 3.39. The minimum Gasteiger partial charge on any atom is -0.486 e. The van der Waals surface area contributed by atoms with E-state index in [1.165, 1.54) is 0 Å². The molecule has 4 heteroatoms. The maximum Gasteiger partial charge on any atom is 0.161 e.